The molecular formula is C14H26N2O3. The molecule has 2 amide bonds. The van der Waals surface area contributed by atoms with Gasteiger partial charge in [0.2, 0.25) is 0 Å². The molecule has 5 heteroatoms. The van der Waals surface area contributed by atoms with Crippen LogP contribution < -0.4 is 10.6 Å². The molecule has 1 fully saturated rings. The molecule has 2 unspecified atom stereocenters. The van der Waals surface area contributed by atoms with E-state index in [1.54, 1.807) is 6.92 Å². The summed E-state index contributed by atoms with van der Waals surface area (Å²) in [5.41, 5.74) is 0. The van der Waals surface area contributed by atoms with E-state index in [1.165, 1.54) is 25.7 Å². The lowest BCUT2D eigenvalue weighted by Gasteiger charge is -2.26. The maximum atomic E-state index is 11.5. The summed E-state index contributed by atoms with van der Waals surface area (Å²) in [6, 6.07) is -1.17. The highest BCUT2D eigenvalue weighted by Crippen LogP contribution is 2.30. The van der Waals surface area contributed by atoms with Crippen LogP contribution in [0.5, 0.6) is 0 Å². The van der Waals surface area contributed by atoms with Gasteiger partial charge >= 0.3 is 12.0 Å². The first kappa shape index (κ1) is 15.8. The van der Waals surface area contributed by atoms with E-state index in [4.69, 9.17) is 5.11 Å². The molecule has 1 aliphatic carbocycles. The van der Waals surface area contributed by atoms with Gasteiger partial charge in [0, 0.05) is 6.54 Å². The minimum Gasteiger partial charge on any atom is -0.480 e. The van der Waals surface area contributed by atoms with E-state index in [9.17, 15) is 9.59 Å². The van der Waals surface area contributed by atoms with Gasteiger partial charge in [0.1, 0.15) is 6.04 Å². The molecule has 0 saturated heterocycles. The lowest BCUT2D eigenvalue weighted by Crippen LogP contribution is -2.46. The number of carbonyl (C=O) groups is 2. The molecule has 110 valence electrons. The molecule has 3 atom stereocenters. The zero-order valence-electron chi connectivity index (χ0n) is 11.9. The summed E-state index contributed by atoms with van der Waals surface area (Å²) < 4.78 is 0. The van der Waals surface area contributed by atoms with Crippen LogP contribution in [0, 0.1) is 11.8 Å². The Labute approximate surface area is 115 Å². The molecule has 0 radical (unpaired) electrons. The van der Waals surface area contributed by atoms with E-state index in [1.807, 2.05) is 0 Å². The van der Waals surface area contributed by atoms with Crippen molar-refractivity contribution in [2.75, 3.05) is 6.54 Å². The lowest BCUT2D eigenvalue weighted by atomic mass is 9.81. The third-order valence-corrected chi connectivity index (χ3v) is 3.89. The molecule has 3 N–H and O–H groups in total. The van der Waals surface area contributed by atoms with Crippen LogP contribution in [-0.4, -0.2) is 29.7 Å². The Kier molecular flexibility index (Phi) is 6.67. The first-order chi connectivity index (χ1) is 9.02. The van der Waals surface area contributed by atoms with E-state index in [0.717, 1.165) is 12.3 Å². The van der Waals surface area contributed by atoms with Crippen molar-refractivity contribution >= 4 is 12.0 Å². The Hall–Kier alpha value is -1.26. The molecule has 5 nitrogen and oxygen atoms in total. The monoisotopic (exact) mass is 270 g/mol. The summed E-state index contributed by atoms with van der Waals surface area (Å²) in [7, 11) is 0. The quantitative estimate of drug-likeness (QED) is 0.693. The van der Waals surface area contributed by atoms with Gasteiger partial charge in [0.25, 0.3) is 0 Å². The Morgan fingerprint density at radius 2 is 2.11 bits per heavy atom. The number of hydrogen-bond acceptors (Lipinski definition) is 2. The van der Waals surface area contributed by atoms with Crippen molar-refractivity contribution < 1.29 is 14.7 Å². The van der Waals surface area contributed by atoms with Crippen molar-refractivity contribution in [2.45, 2.75) is 58.4 Å². The van der Waals surface area contributed by atoms with Crippen molar-refractivity contribution in [3.8, 4) is 0 Å². The normalized spacial score (nSPS) is 24.5. The molecule has 0 aromatic rings. The molecule has 0 heterocycles. The standard InChI is InChI=1S/C14H26N2O3/c1-3-12(13(17)18)16-14(19)15-8-7-11-6-4-5-10(2)9-11/h10-12H,3-9H2,1-2H3,(H,17,18)(H2,15,16,19)/t10?,11?,12-/m0/s1. The molecule has 1 saturated carbocycles. The fraction of sp³-hybridized carbons (Fsp3) is 0.857. The summed E-state index contributed by atoms with van der Waals surface area (Å²) in [5.74, 6) is 0.508. The highest BCUT2D eigenvalue weighted by Gasteiger charge is 2.20. The molecule has 19 heavy (non-hydrogen) atoms. The molecule has 0 aromatic carbocycles. The number of carboxylic acids is 1. The minimum atomic E-state index is -0.987. The van der Waals surface area contributed by atoms with Crippen LogP contribution in [0.2, 0.25) is 0 Å². The Morgan fingerprint density at radius 1 is 1.37 bits per heavy atom. The van der Waals surface area contributed by atoms with Gasteiger partial charge in [-0.05, 0) is 31.1 Å². The Balaban J connectivity index is 2.17. The zero-order valence-corrected chi connectivity index (χ0v) is 11.9. The number of rotatable bonds is 6. The lowest BCUT2D eigenvalue weighted by molar-refractivity contribution is -0.139. The van der Waals surface area contributed by atoms with Crippen LogP contribution >= 0.6 is 0 Å². The smallest absolute Gasteiger partial charge is 0.326 e. The fourth-order valence-electron chi connectivity index (χ4n) is 2.76. The molecule has 0 aliphatic heterocycles. The van der Waals surface area contributed by atoms with E-state index < -0.39 is 12.0 Å². The fourth-order valence-corrected chi connectivity index (χ4v) is 2.76. The average Bonchev–Trinajstić information content (AvgIpc) is 2.35. The summed E-state index contributed by atoms with van der Waals surface area (Å²) in [5, 5.41) is 14.1. The van der Waals surface area contributed by atoms with Crippen LogP contribution in [0.1, 0.15) is 52.4 Å². The predicted molar refractivity (Wildman–Crippen MR) is 74.0 cm³/mol. The molecule has 0 bridgehead atoms. The zero-order chi connectivity index (χ0) is 14.3. The summed E-state index contributed by atoms with van der Waals surface area (Å²) in [4.78, 5) is 22.3. The average molecular weight is 270 g/mol. The molecule has 0 spiro atoms. The number of carbonyl (C=O) groups excluding carboxylic acids is 1. The van der Waals surface area contributed by atoms with E-state index in [0.29, 0.717) is 18.9 Å². The Morgan fingerprint density at radius 3 is 2.68 bits per heavy atom. The van der Waals surface area contributed by atoms with E-state index in [-0.39, 0.29) is 6.03 Å². The van der Waals surface area contributed by atoms with E-state index in [2.05, 4.69) is 17.6 Å². The first-order valence-corrected chi connectivity index (χ1v) is 7.30. The van der Waals surface area contributed by atoms with Gasteiger partial charge in [-0.2, -0.15) is 0 Å². The highest BCUT2D eigenvalue weighted by molar-refractivity contribution is 5.82. The number of hydrogen-bond donors (Lipinski definition) is 3. The number of carboxylic acid groups (broad SMARTS) is 1. The number of amides is 2. The van der Waals surface area contributed by atoms with Crippen LogP contribution in [0.3, 0.4) is 0 Å². The molecule has 1 aliphatic rings. The molecule has 1 rings (SSSR count). The van der Waals surface area contributed by atoms with Crippen LogP contribution in [0.15, 0.2) is 0 Å². The van der Waals surface area contributed by atoms with Crippen LogP contribution in [0.4, 0.5) is 4.79 Å². The second kappa shape index (κ2) is 8.02. The van der Waals surface area contributed by atoms with Gasteiger partial charge in [0.05, 0.1) is 0 Å². The highest BCUT2D eigenvalue weighted by atomic mass is 16.4. The maximum absolute atomic E-state index is 11.5. The van der Waals surface area contributed by atoms with Gasteiger partial charge in [0.15, 0.2) is 0 Å². The van der Waals surface area contributed by atoms with Crippen molar-refractivity contribution in [3.63, 3.8) is 0 Å². The van der Waals surface area contributed by atoms with Gasteiger partial charge in [-0.15, -0.1) is 0 Å². The summed E-state index contributed by atoms with van der Waals surface area (Å²) in [6.45, 7) is 4.65. The van der Waals surface area contributed by atoms with Crippen LogP contribution in [0.25, 0.3) is 0 Å². The molecular weight excluding hydrogens is 244 g/mol. The number of aliphatic carboxylic acids is 1. The second-order valence-electron chi connectivity index (χ2n) is 5.63. The summed E-state index contributed by atoms with van der Waals surface area (Å²) in [6.07, 6.45) is 6.48. The predicted octanol–water partition coefficient (Wildman–Crippen LogP) is 2.37. The van der Waals surface area contributed by atoms with Crippen LogP contribution in [-0.2, 0) is 4.79 Å². The van der Waals surface area contributed by atoms with Crippen molar-refractivity contribution in [2.24, 2.45) is 11.8 Å². The number of nitrogens with one attached hydrogen (secondary N) is 2. The van der Waals surface area contributed by atoms with Crippen molar-refractivity contribution in [3.05, 3.63) is 0 Å². The number of urea groups is 1. The van der Waals surface area contributed by atoms with Gasteiger partial charge in [-0.1, -0.05) is 33.1 Å². The minimum absolute atomic E-state index is 0.377. The Bertz CT molecular complexity index is 307. The van der Waals surface area contributed by atoms with Crippen molar-refractivity contribution in [1.29, 1.82) is 0 Å². The van der Waals surface area contributed by atoms with E-state index >= 15 is 0 Å². The molecule has 0 aromatic heterocycles. The topological polar surface area (TPSA) is 78.4 Å². The van der Waals surface area contributed by atoms with Gasteiger partial charge in [-0.3, -0.25) is 0 Å². The van der Waals surface area contributed by atoms with Gasteiger partial charge < -0.3 is 15.7 Å². The maximum Gasteiger partial charge on any atom is 0.326 e. The second-order valence-corrected chi connectivity index (χ2v) is 5.63. The van der Waals surface area contributed by atoms with Crippen molar-refractivity contribution in [1.82, 2.24) is 10.6 Å². The SMILES string of the molecule is CC[C@H](NC(=O)NCCC1CCCC(C)C1)C(=O)O. The van der Waals surface area contributed by atoms with Gasteiger partial charge in [-0.25, -0.2) is 9.59 Å². The third kappa shape index (κ3) is 5.94. The first-order valence-electron chi connectivity index (χ1n) is 7.30. The summed E-state index contributed by atoms with van der Waals surface area (Å²) >= 11 is 0. The third-order valence-electron chi connectivity index (χ3n) is 3.89. The largest absolute Gasteiger partial charge is 0.480 e.